The molecule has 3 atom stereocenters. The van der Waals surface area contributed by atoms with Gasteiger partial charge >= 0.3 is 0 Å². The number of hydrogen-bond donors (Lipinski definition) is 2. The fourth-order valence-electron chi connectivity index (χ4n) is 4.25. The average molecular weight is 390 g/mol. The third kappa shape index (κ3) is 3.78. The summed E-state index contributed by atoms with van der Waals surface area (Å²) in [6.07, 6.45) is 7.98. The lowest BCUT2D eigenvalue weighted by Crippen LogP contribution is -2.45. The zero-order valence-electron chi connectivity index (χ0n) is 16.7. The second kappa shape index (κ2) is 7.76. The Morgan fingerprint density at radius 3 is 2.72 bits per heavy atom. The summed E-state index contributed by atoms with van der Waals surface area (Å²) in [4.78, 5) is 13.4. The van der Waals surface area contributed by atoms with Gasteiger partial charge in [-0.15, -0.1) is 0 Å². The van der Waals surface area contributed by atoms with Crippen molar-refractivity contribution in [2.24, 2.45) is 0 Å². The normalized spacial score (nSPS) is 22.7. The van der Waals surface area contributed by atoms with Gasteiger partial charge < -0.3 is 20.1 Å². The number of nitrogens with zero attached hydrogens (tertiary/aromatic N) is 1. The van der Waals surface area contributed by atoms with Crippen LogP contribution in [0.2, 0.25) is 0 Å². The molecule has 1 aliphatic carbocycles. The van der Waals surface area contributed by atoms with Crippen LogP contribution in [0.3, 0.4) is 0 Å². The molecule has 0 aromatic heterocycles. The second-order valence-corrected chi connectivity index (χ2v) is 7.81. The zero-order valence-corrected chi connectivity index (χ0v) is 16.7. The van der Waals surface area contributed by atoms with Crippen LogP contribution in [0.1, 0.15) is 19.4 Å². The standard InChI is InChI=1S/C24H26N2O3/c1-17(27)25-18-10-12-20(13-11-18)29-16-19(28)15-26-22-8-4-3-7-21(22)24(2)14-6-5-9-23(24)26/h3-14,19,23,28H,15-16H2,1-2H3,(H,25,27). The average Bonchev–Trinajstić information content (AvgIpc) is 2.96. The Morgan fingerprint density at radius 1 is 1.21 bits per heavy atom. The van der Waals surface area contributed by atoms with E-state index in [4.69, 9.17) is 4.74 Å². The van der Waals surface area contributed by atoms with Crippen molar-refractivity contribution in [1.82, 2.24) is 0 Å². The van der Waals surface area contributed by atoms with Crippen molar-refractivity contribution >= 4 is 17.3 Å². The van der Waals surface area contributed by atoms with E-state index in [1.165, 1.54) is 12.5 Å². The Kier molecular flexibility index (Phi) is 5.16. The zero-order chi connectivity index (χ0) is 20.4. The van der Waals surface area contributed by atoms with Crippen molar-refractivity contribution in [3.05, 3.63) is 78.4 Å². The van der Waals surface area contributed by atoms with E-state index in [1.807, 2.05) is 6.07 Å². The van der Waals surface area contributed by atoms with E-state index in [9.17, 15) is 9.90 Å². The Hall–Kier alpha value is -3.05. The van der Waals surface area contributed by atoms with Crippen LogP contribution in [-0.2, 0) is 10.2 Å². The van der Waals surface area contributed by atoms with Gasteiger partial charge in [-0.25, -0.2) is 0 Å². The van der Waals surface area contributed by atoms with Crippen molar-refractivity contribution in [1.29, 1.82) is 0 Å². The smallest absolute Gasteiger partial charge is 0.221 e. The molecule has 5 nitrogen and oxygen atoms in total. The molecule has 0 saturated carbocycles. The first-order valence-corrected chi connectivity index (χ1v) is 9.88. The number of β-amino-alcohol motifs (C(OH)–C–C–N with tert-alkyl or cyclic N) is 1. The fraction of sp³-hybridized carbons (Fsp3) is 0.292. The summed E-state index contributed by atoms with van der Waals surface area (Å²) in [6.45, 7) is 4.40. The molecule has 150 valence electrons. The fourth-order valence-corrected chi connectivity index (χ4v) is 4.25. The predicted molar refractivity (Wildman–Crippen MR) is 115 cm³/mol. The van der Waals surface area contributed by atoms with Gasteiger partial charge in [0.25, 0.3) is 0 Å². The van der Waals surface area contributed by atoms with Crippen LogP contribution in [0.5, 0.6) is 5.75 Å². The summed E-state index contributed by atoms with van der Waals surface area (Å²) in [5.41, 5.74) is 3.07. The highest BCUT2D eigenvalue weighted by atomic mass is 16.5. The van der Waals surface area contributed by atoms with Gasteiger partial charge in [0.1, 0.15) is 18.5 Å². The van der Waals surface area contributed by atoms with Gasteiger partial charge in [0.2, 0.25) is 5.91 Å². The molecule has 5 heteroatoms. The van der Waals surface area contributed by atoms with Crippen molar-refractivity contribution in [2.75, 3.05) is 23.4 Å². The highest BCUT2D eigenvalue weighted by molar-refractivity contribution is 5.88. The molecule has 0 spiro atoms. The molecule has 2 aliphatic rings. The minimum atomic E-state index is -0.639. The number of nitrogens with one attached hydrogen (secondary N) is 1. The van der Waals surface area contributed by atoms with E-state index in [0.717, 1.165) is 11.4 Å². The predicted octanol–water partition coefficient (Wildman–Crippen LogP) is 3.66. The van der Waals surface area contributed by atoms with Crippen molar-refractivity contribution in [2.45, 2.75) is 31.4 Å². The molecule has 1 heterocycles. The Morgan fingerprint density at radius 2 is 1.97 bits per heavy atom. The van der Waals surface area contributed by atoms with Crippen LogP contribution in [0, 0.1) is 0 Å². The van der Waals surface area contributed by atoms with Gasteiger partial charge in [-0.05, 0) is 42.8 Å². The highest BCUT2D eigenvalue weighted by Crippen LogP contribution is 2.47. The second-order valence-electron chi connectivity index (χ2n) is 7.81. The Bertz CT molecular complexity index is 951. The molecule has 1 aliphatic heterocycles. The maximum Gasteiger partial charge on any atom is 0.221 e. The van der Waals surface area contributed by atoms with Crippen LogP contribution in [0.25, 0.3) is 0 Å². The summed E-state index contributed by atoms with van der Waals surface area (Å²) < 4.78 is 5.77. The number of benzene rings is 2. The summed E-state index contributed by atoms with van der Waals surface area (Å²) in [7, 11) is 0. The maximum absolute atomic E-state index is 11.1. The summed E-state index contributed by atoms with van der Waals surface area (Å²) >= 11 is 0. The van der Waals surface area contributed by atoms with E-state index in [1.54, 1.807) is 24.3 Å². The Labute approximate surface area is 171 Å². The van der Waals surface area contributed by atoms with Crippen LogP contribution in [-0.4, -0.2) is 36.3 Å². The monoisotopic (exact) mass is 390 g/mol. The molecule has 29 heavy (non-hydrogen) atoms. The number of carbonyl (C=O) groups is 1. The number of amides is 1. The number of para-hydroxylation sites is 1. The summed E-state index contributed by atoms with van der Waals surface area (Å²) in [5, 5.41) is 13.4. The topological polar surface area (TPSA) is 61.8 Å². The minimum absolute atomic E-state index is 0.0918. The molecule has 2 aromatic rings. The first kappa shape index (κ1) is 19.3. The van der Waals surface area contributed by atoms with E-state index in [0.29, 0.717) is 12.3 Å². The van der Waals surface area contributed by atoms with Crippen LogP contribution in [0.4, 0.5) is 11.4 Å². The SMILES string of the molecule is CC(=O)Nc1ccc(OCC(O)CN2c3ccccc3C3(C)C=CC=CC23)cc1. The van der Waals surface area contributed by atoms with Gasteiger partial charge in [0.15, 0.2) is 0 Å². The number of carbonyl (C=O) groups excluding carboxylic acids is 1. The molecule has 0 bridgehead atoms. The lowest BCUT2D eigenvalue weighted by molar-refractivity contribution is -0.114. The first-order chi connectivity index (χ1) is 14.0. The Balaban J connectivity index is 1.42. The highest BCUT2D eigenvalue weighted by Gasteiger charge is 2.45. The van der Waals surface area contributed by atoms with Crippen LogP contribution in [0.15, 0.2) is 72.8 Å². The van der Waals surface area contributed by atoms with E-state index >= 15 is 0 Å². The van der Waals surface area contributed by atoms with Crippen LogP contribution < -0.4 is 15.0 Å². The molecule has 4 rings (SSSR count). The first-order valence-electron chi connectivity index (χ1n) is 9.88. The molecule has 3 unspecified atom stereocenters. The minimum Gasteiger partial charge on any atom is -0.491 e. The van der Waals surface area contributed by atoms with E-state index < -0.39 is 6.10 Å². The molecule has 0 fully saturated rings. The van der Waals surface area contributed by atoms with Crippen LogP contribution >= 0.6 is 0 Å². The molecular formula is C24H26N2O3. The van der Waals surface area contributed by atoms with Gasteiger partial charge in [-0.1, -0.05) is 42.5 Å². The third-order valence-electron chi connectivity index (χ3n) is 5.62. The number of anilines is 2. The van der Waals surface area contributed by atoms with Gasteiger partial charge in [0.05, 0.1) is 6.04 Å². The summed E-state index contributed by atoms with van der Waals surface area (Å²) in [6, 6.07) is 15.7. The van der Waals surface area contributed by atoms with Crippen molar-refractivity contribution in [3.63, 3.8) is 0 Å². The maximum atomic E-state index is 11.1. The van der Waals surface area contributed by atoms with Gasteiger partial charge in [-0.3, -0.25) is 4.79 Å². The largest absolute Gasteiger partial charge is 0.491 e. The third-order valence-corrected chi connectivity index (χ3v) is 5.62. The van der Waals surface area contributed by atoms with E-state index in [-0.39, 0.29) is 24.0 Å². The van der Waals surface area contributed by atoms with Gasteiger partial charge in [0, 0.05) is 30.3 Å². The number of hydrogen-bond acceptors (Lipinski definition) is 4. The van der Waals surface area contributed by atoms with Gasteiger partial charge in [-0.2, -0.15) is 0 Å². The van der Waals surface area contributed by atoms with E-state index in [2.05, 4.69) is 59.6 Å². The number of aliphatic hydroxyl groups excluding tert-OH is 1. The lowest BCUT2D eigenvalue weighted by atomic mass is 9.76. The number of ether oxygens (including phenoxy) is 1. The van der Waals surface area contributed by atoms with Crippen molar-refractivity contribution in [3.8, 4) is 5.75 Å². The molecule has 2 N–H and O–H groups in total. The quantitative estimate of drug-likeness (QED) is 0.790. The molecule has 0 saturated heterocycles. The molecule has 0 radical (unpaired) electrons. The number of allylic oxidation sites excluding steroid dienone is 2. The molecule has 1 amide bonds. The molecular weight excluding hydrogens is 364 g/mol. The lowest BCUT2D eigenvalue weighted by Gasteiger charge is -2.35. The number of rotatable bonds is 6. The number of fused-ring (bicyclic) bond motifs is 3. The van der Waals surface area contributed by atoms with Crippen molar-refractivity contribution < 1.29 is 14.6 Å². The molecule has 2 aromatic carbocycles. The summed E-state index contributed by atoms with van der Waals surface area (Å²) in [5.74, 6) is 0.545. The number of aliphatic hydroxyl groups is 1.